The topological polar surface area (TPSA) is 220 Å². The van der Waals surface area contributed by atoms with E-state index < -0.39 is 11.9 Å². The monoisotopic (exact) mass is 952 g/mol. The van der Waals surface area contributed by atoms with E-state index >= 15 is 0 Å². The molecule has 6 N–H and O–H groups in total. The number of carboxylic acids is 2. The number of carbonyl (C=O) groups is 4. The third kappa shape index (κ3) is 11.9. The number of carboxylic acid groups (broad SMARTS) is 2. The van der Waals surface area contributed by atoms with Gasteiger partial charge in [-0.1, -0.05) is 36.4 Å². The highest BCUT2D eigenvalue weighted by atomic mass is 79.9. The summed E-state index contributed by atoms with van der Waals surface area (Å²) in [7, 11) is 0. The fourth-order valence-corrected chi connectivity index (χ4v) is 7.78. The minimum Gasteiger partial charge on any atom is -0.480 e. The summed E-state index contributed by atoms with van der Waals surface area (Å²) >= 11 is 7.13. The Bertz CT molecular complexity index is 2090. The van der Waals surface area contributed by atoms with Crippen molar-refractivity contribution >= 4 is 55.6 Å². The van der Waals surface area contributed by atoms with E-state index in [-0.39, 0.29) is 88.3 Å². The van der Waals surface area contributed by atoms with Crippen LogP contribution in [0.3, 0.4) is 0 Å². The minimum atomic E-state index is -0.988. The molecule has 318 valence electrons. The van der Waals surface area contributed by atoms with Crippen LogP contribution in [0.2, 0.25) is 0 Å². The molecule has 0 saturated carbocycles. The third-order valence-electron chi connectivity index (χ3n) is 10.1. The molecule has 2 aliphatic rings. The van der Waals surface area contributed by atoms with Gasteiger partial charge >= 0.3 is 11.9 Å². The van der Waals surface area contributed by atoms with E-state index in [0.29, 0.717) is 57.5 Å². The van der Waals surface area contributed by atoms with Crippen molar-refractivity contribution in [2.24, 2.45) is 0 Å². The Labute approximate surface area is 363 Å². The van der Waals surface area contributed by atoms with Crippen LogP contribution in [0.1, 0.15) is 59.1 Å². The van der Waals surface area contributed by atoms with Crippen molar-refractivity contribution in [2.75, 3.05) is 26.3 Å². The molecule has 4 heterocycles. The summed E-state index contributed by atoms with van der Waals surface area (Å²) in [4.78, 5) is 55.0. The van der Waals surface area contributed by atoms with Gasteiger partial charge in [0.1, 0.15) is 26.4 Å². The standard InChI is InChI=1S/C42H46Br2N6O10/c1-23-25(19-57-41-33(43)13-27(15-45-17-37(53)54)39(49-41)59-21-29-9-11-35(51)47-29)5-3-7-31(23)32-8-4-6-26(24(32)2)20-58-42-34(44)14-28(16-46-18-38(55)56)40(50-42)60-22-30-10-12-36(52)48-30/h3-8,13-14,29-30,45-46H,9-12,15-22H2,1-2H3,(H,47,51)(H,48,52)(H,53,54)(H,55,56)/t29-,30-/m0/s1. The van der Waals surface area contributed by atoms with Crippen molar-refractivity contribution in [3.8, 4) is 34.6 Å². The number of ether oxygens (including phenoxy) is 4. The maximum atomic E-state index is 11.7. The summed E-state index contributed by atoms with van der Waals surface area (Å²) in [5, 5.41) is 29.7. The molecule has 0 aliphatic carbocycles. The number of halogens is 2. The van der Waals surface area contributed by atoms with Gasteiger partial charge in [0.25, 0.3) is 0 Å². The predicted octanol–water partition coefficient (Wildman–Crippen LogP) is 5.11. The Hall–Kier alpha value is -5.30. The van der Waals surface area contributed by atoms with Gasteiger partial charge in [0.2, 0.25) is 35.3 Å². The maximum absolute atomic E-state index is 11.7. The van der Waals surface area contributed by atoms with Crippen LogP contribution in [-0.4, -0.2) is 82.3 Å². The molecule has 60 heavy (non-hydrogen) atoms. The van der Waals surface area contributed by atoms with E-state index in [4.69, 9.17) is 29.2 Å². The molecule has 0 unspecified atom stereocenters. The molecule has 6 rings (SSSR count). The highest BCUT2D eigenvalue weighted by Gasteiger charge is 2.24. The summed E-state index contributed by atoms with van der Waals surface area (Å²) in [6, 6.07) is 15.3. The molecule has 2 amide bonds. The van der Waals surface area contributed by atoms with E-state index in [1.165, 1.54) is 0 Å². The number of pyridine rings is 2. The number of nitrogens with zero attached hydrogens (tertiary/aromatic N) is 2. The lowest BCUT2D eigenvalue weighted by Crippen LogP contribution is -2.31. The Morgan fingerprint density at radius 3 is 1.45 bits per heavy atom. The summed E-state index contributed by atoms with van der Waals surface area (Å²) in [5.74, 6) is -0.880. The van der Waals surface area contributed by atoms with Crippen molar-refractivity contribution in [3.05, 3.63) is 90.9 Å². The molecule has 18 heteroatoms. The molecule has 16 nitrogen and oxygen atoms in total. The third-order valence-corrected chi connectivity index (χ3v) is 11.2. The fraction of sp³-hybridized carbons (Fsp3) is 0.381. The lowest BCUT2D eigenvalue weighted by atomic mass is 9.92. The van der Waals surface area contributed by atoms with Gasteiger partial charge in [-0.25, -0.2) is 0 Å². The second-order valence-corrected chi connectivity index (χ2v) is 16.2. The number of carbonyl (C=O) groups excluding carboxylic acids is 2. The lowest BCUT2D eigenvalue weighted by Gasteiger charge is -2.19. The summed E-state index contributed by atoms with van der Waals surface area (Å²) in [5.41, 5.74) is 7.17. The highest BCUT2D eigenvalue weighted by molar-refractivity contribution is 9.10. The summed E-state index contributed by atoms with van der Waals surface area (Å²) in [6.45, 7) is 4.80. The summed E-state index contributed by atoms with van der Waals surface area (Å²) < 4.78 is 25.8. The first kappa shape index (κ1) is 44.3. The van der Waals surface area contributed by atoms with Crippen LogP contribution in [0.5, 0.6) is 23.5 Å². The van der Waals surface area contributed by atoms with E-state index in [0.717, 1.165) is 33.4 Å². The number of aromatic nitrogens is 2. The zero-order chi connectivity index (χ0) is 42.8. The molecule has 0 bridgehead atoms. The lowest BCUT2D eigenvalue weighted by molar-refractivity contribution is -0.137. The Balaban J connectivity index is 1.16. The van der Waals surface area contributed by atoms with Crippen molar-refractivity contribution in [2.45, 2.75) is 77.9 Å². The Kier molecular flexibility index (Phi) is 15.3. The molecule has 4 aromatic rings. The molecule has 0 radical (unpaired) electrons. The van der Waals surface area contributed by atoms with Crippen LogP contribution in [-0.2, 0) is 45.5 Å². The smallest absolute Gasteiger partial charge is 0.317 e. The van der Waals surface area contributed by atoms with Crippen molar-refractivity contribution in [1.29, 1.82) is 0 Å². The number of nitrogens with one attached hydrogen (secondary N) is 4. The zero-order valence-corrected chi connectivity index (χ0v) is 36.2. The number of rotatable bonds is 21. The molecule has 2 aliphatic heterocycles. The molecule has 2 saturated heterocycles. The predicted molar refractivity (Wildman–Crippen MR) is 226 cm³/mol. The van der Waals surface area contributed by atoms with Gasteiger partial charge in [-0.15, -0.1) is 0 Å². The van der Waals surface area contributed by atoms with Gasteiger partial charge in [-0.3, -0.25) is 19.2 Å². The van der Waals surface area contributed by atoms with Crippen LogP contribution < -0.4 is 40.2 Å². The Morgan fingerprint density at radius 2 is 1.08 bits per heavy atom. The first-order valence-corrected chi connectivity index (χ1v) is 20.9. The number of aliphatic carboxylic acids is 2. The van der Waals surface area contributed by atoms with Gasteiger partial charge in [-0.2, -0.15) is 9.97 Å². The van der Waals surface area contributed by atoms with Gasteiger partial charge in [0.05, 0.1) is 34.1 Å². The van der Waals surface area contributed by atoms with E-state index in [1.54, 1.807) is 12.1 Å². The average Bonchev–Trinajstić information content (AvgIpc) is 3.83. The van der Waals surface area contributed by atoms with Crippen LogP contribution in [0.25, 0.3) is 11.1 Å². The molecule has 0 spiro atoms. The van der Waals surface area contributed by atoms with Crippen molar-refractivity contribution < 1.29 is 48.3 Å². The zero-order valence-electron chi connectivity index (χ0n) is 33.1. The number of benzene rings is 2. The van der Waals surface area contributed by atoms with Gasteiger partial charge < -0.3 is 50.4 Å². The first-order valence-electron chi connectivity index (χ1n) is 19.4. The van der Waals surface area contributed by atoms with Gasteiger partial charge in [0.15, 0.2) is 0 Å². The van der Waals surface area contributed by atoms with E-state index in [1.807, 2.05) is 38.1 Å². The van der Waals surface area contributed by atoms with Gasteiger partial charge in [-0.05, 0) is 104 Å². The Morgan fingerprint density at radius 1 is 0.667 bits per heavy atom. The van der Waals surface area contributed by atoms with Crippen LogP contribution in [0, 0.1) is 13.8 Å². The largest absolute Gasteiger partial charge is 0.480 e. The van der Waals surface area contributed by atoms with Gasteiger partial charge in [0, 0.05) is 37.1 Å². The first-order chi connectivity index (χ1) is 28.8. The average molecular weight is 955 g/mol. The number of amides is 2. The normalized spacial score (nSPS) is 16.0. The van der Waals surface area contributed by atoms with Crippen LogP contribution >= 0.6 is 31.9 Å². The fourth-order valence-electron chi connectivity index (χ4n) is 6.82. The second-order valence-electron chi connectivity index (χ2n) is 14.5. The molecule has 2 fully saturated rings. The minimum absolute atomic E-state index is 0.0280. The maximum Gasteiger partial charge on any atom is 0.317 e. The van der Waals surface area contributed by atoms with Crippen molar-refractivity contribution in [1.82, 2.24) is 31.2 Å². The second kappa shape index (κ2) is 20.8. The molecular weight excluding hydrogens is 908 g/mol. The molecule has 2 aromatic carbocycles. The number of hydrogen-bond acceptors (Lipinski definition) is 12. The molecule has 2 aromatic heterocycles. The van der Waals surface area contributed by atoms with E-state index in [9.17, 15) is 19.2 Å². The van der Waals surface area contributed by atoms with Crippen LogP contribution in [0.15, 0.2) is 57.5 Å². The highest BCUT2D eigenvalue weighted by Crippen LogP contribution is 2.35. The van der Waals surface area contributed by atoms with Crippen LogP contribution in [0.4, 0.5) is 0 Å². The molecular formula is C42H46Br2N6O10. The van der Waals surface area contributed by atoms with Crippen molar-refractivity contribution in [3.63, 3.8) is 0 Å². The SMILES string of the molecule is Cc1c(COc2nc(OC[C@@H]3CCC(=O)N3)c(CNCC(=O)O)cc2Br)cccc1-c1cccc(COc2nc(OC[C@@H]3CCC(=O)N3)c(CNCC(=O)O)cc2Br)c1C. The quantitative estimate of drug-likeness (QED) is 0.0640. The molecule has 2 atom stereocenters. The number of hydrogen-bond donors (Lipinski definition) is 6. The summed E-state index contributed by atoms with van der Waals surface area (Å²) in [6.07, 6.45) is 2.16. The van der Waals surface area contributed by atoms with E-state index in [2.05, 4.69) is 75.2 Å².